The molecule has 0 saturated carbocycles. The third kappa shape index (κ3) is 6.23. The fraction of sp³-hybridized carbons (Fsp3) is 0.727. The molecule has 1 saturated heterocycles. The molecule has 1 fully saturated rings. The van der Waals surface area contributed by atoms with E-state index in [9.17, 15) is 4.79 Å². The van der Waals surface area contributed by atoms with Gasteiger partial charge in [-0.25, -0.2) is 0 Å². The standard InChI is InChI=1S/C9H15NOS2.C2H4O/c1-2-3-4-5-6-10-8(11)7-13-9(10)12;1-2-3/h2-7H2,1H3;2H,1H3. The van der Waals surface area contributed by atoms with E-state index in [0.29, 0.717) is 5.75 Å². The van der Waals surface area contributed by atoms with Crippen molar-refractivity contribution in [3.05, 3.63) is 0 Å². The summed E-state index contributed by atoms with van der Waals surface area (Å²) in [5.41, 5.74) is 0. The molecule has 92 valence electrons. The topological polar surface area (TPSA) is 37.4 Å². The molecule has 0 aromatic heterocycles. The highest BCUT2D eigenvalue weighted by molar-refractivity contribution is 8.23. The number of aldehydes is 1. The Morgan fingerprint density at radius 2 is 2.06 bits per heavy atom. The van der Waals surface area contributed by atoms with Gasteiger partial charge in [0.25, 0.3) is 0 Å². The van der Waals surface area contributed by atoms with E-state index >= 15 is 0 Å². The summed E-state index contributed by atoms with van der Waals surface area (Å²) in [6.07, 6.45) is 5.52. The monoisotopic (exact) mass is 261 g/mol. The lowest BCUT2D eigenvalue weighted by molar-refractivity contribution is -0.124. The molecule has 0 unspecified atom stereocenters. The average Bonchev–Trinajstić information content (AvgIpc) is 2.56. The van der Waals surface area contributed by atoms with E-state index in [2.05, 4.69) is 6.92 Å². The van der Waals surface area contributed by atoms with Crippen molar-refractivity contribution in [2.24, 2.45) is 0 Å². The maximum atomic E-state index is 11.3. The van der Waals surface area contributed by atoms with E-state index in [1.165, 1.54) is 37.9 Å². The smallest absolute Gasteiger partial charge is 0.238 e. The highest BCUT2D eigenvalue weighted by atomic mass is 32.2. The van der Waals surface area contributed by atoms with Gasteiger partial charge in [0.05, 0.1) is 5.75 Å². The van der Waals surface area contributed by atoms with Gasteiger partial charge < -0.3 is 4.79 Å². The molecule has 5 heteroatoms. The Hall–Kier alpha value is -0.420. The van der Waals surface area contributed by atoms with Gasteiger partial charge in [0, 0.05) is 6.54 Å². The lowest BCUT2D eigenvalue weighted by Crippen LogP contribution is -2.29. The number of unbranched alkanes of at least 4 members (excludes halogenated alkanes) is 3. The molecule has 1 aliphatic heterocycles. The van der Waals surface area contributed by atoms with Gasteiger partial charge in [-0.05, 0) is 13.3 Å². The maximum absolute atomic E-state index is 11.3. The number of carbonyl (C=O) groups excluding carboxylic acids is 2. The van der Waals surface area contributed by atoms with E-state index in [4.69, 9.17) is 17.0 Å². The van der Waals surface area contributed by atoms with Crippen LogP contribution in [0.3, 0.4) is 0 Å². The van der Waals surface area contributed by atoms with Crippen molar-refractivity contribution in [1.29, 1.82) is 0 Å². The van der Waals surface area contributed by atoms with Crippen molar-refractivity contribution < 1.29 is 9.59 Å². The highest BCUT2D eigenvalue weighted by Gasteiger charge is 2.25. The lowest BCUT2D eigenvalue weighted by Gasteiger charge is -2.13. The van der Waals surface area contributed by atoms with Crippen molar-refractivity contribution in [1.82, 2.24) is 4.90 Å². The van der Waals surface area contributed by atoms with Crippen LogP contribution >= 0.6 is 24.0 Å². The Balaban J connectivity index is 0.000000673. The van der Waals surface area contributed by atoms with Gasteiger partial charge in [-0.2, -0.15) is 0 Å². The first-order valence-corrected chi connectivity index (χ1v) is 6.93. The molecule has 1 heterocycles. The van der Waals surface area contributed by atoms with Crippen molar-refractivity contribution in [3.63, 3.8) is 0 Å². The third-order valence-electron chi connectivity index (χ3n) is 2.08. The lowest BCUT2D eigenvalue weighted by atomic mass is 10.2. The summed E-state index contributed by atoms with van der Waals surface area (Å²) in [6.45, 7) is 4.45. The SMILES string of the molecule is CC=O.CCCCCCN1C(=O)CSC1=S. The minimum absolute atomic E-state index is 0.187. The van der Waals surface area contributed by atoms with Crippen LogP contribution in [-0.4, -0.2) is 33.7 Å². The van der Waals surface area contributed by atoms with Crippen LogP contribution in [0.1, 0.15) is 39.5 Å². The molecule has 0 N–H and O–H groups in total. The highest BCUT2D eigenvalue weighted by Crippen LogP contribution is 2.19. The van der Waals surface area contributed by atoms with E-state index in [-0.39, 0.29) is 5.91 Å². The van der Waals surface area contributed by atoms with Crippen LogP contribution in [0.5, 0.6) is 0 Å². The van der Waals surface area contributed by atoms with Crippen LogP contribution < -0.4 is 0 Å². The number of amides is 1. The van der Waals surface area contributed by atoms with Gasteiger partial charge >= 0.3 is 0 Å². The molecule has 0 aromatic rings. The van der Waals surface area contributed by atoms with Crippen molar-refractivity contribution in [3.8, 4) is 0 Å². The van der Waals surface area contributed by atoms with Crippen LogP contribution in [0.2, 0.25) is 0 Å². The molecule has 0 atom stereocenters. The Morgan fingerprint density at radius 1 is 1.44 bits per heavy atom. The normalized spacial score (nSPS) is 14.8. The van der Waals surface area contributed by atoms with E-state index in [1.54, 1.807) is 4.90 Å². The summed E-state index contributed by atoms with van der Waals surface area (Å²) < 4.78 is 0.765. The molecule has 1 rings (SSSR count). The van der Waals surface area contributed by atoms with Gasteiger partial charge in [0.2, 0.25) is 5.91 Å². The second-order valence-corrected chi connectivity index (χ2v) is 5.01. The predicted octanol–water partition coefficient (Wildman–Crippen LogP) is 2.63. The summed E-state index contributed by atoms with van der Waals surface area (Å²) in [6, 6.07) is 0. The molecule has 1 amide bonds. The zero-order valence-corrected chi connectivity index (χ0v) is 11.5. The Morgan fingerprint density at radius 3 is 2.50 bits per heavy atom. The molecule has 0 aliphatic carbocycles. The number of thiocarbonyl (C=S) groups is 1. The fourth-order valence-electron chi connectivity index (χ4n) is 1.29. The van der Waals surface area contributed by atoms with Crippen LogP contribution in [-0.2, 0) is 9.59 Å². The first-order chi connectivity index (χ1) is 7.67. The first kappa shape index (κ1) is 15.6. The maximum Gasteiger partial charge on any atom is 0.238 e. The third-order valence-corrected chi connectivity index (χ3v) is 3.51. The second kappa shape index (κ2) is 9.78. The first-order valence-electron chi connectivity index (χ1n) is 5.54. The Bertz CT molecular complexity index is 228. The van der Waals surface area contributed by atoms with E-state index < -0.39 is 0 Å². The summed E-state index contributed by atoms with van der Waals surface area (Å²) >= 11 is 6.55. The van der Waals surface area contributed by atoms with Crippen LogP contribution in [0, 0.1) is 0 Å². The number of hydrogen-bond acceptors (Lipinski definition) is 4. The molecule has 1 aliphatic rings. The van der Waals surface area contributed by atoms with Crippen molar-refractivity contribution in [2.45, 2.75) is 39.5 Å². The molecular weight excluding hydrogens is 242 g/mol. The molecule has 16 heavy (non-hydrogen) atoms. The summed E-state index contributed by atoms with van der Waals surface area (Å²) in [7, 11) is 0. The minimum Gasteiger partial charge on any atom is -0.304 e. The summed E-state index contributed by atoms with van der Waals surface area (Å²) in [5.74, 6) is 0.735. The summed E-state index contributed by atoms with van der Waals surface area (Å²) in [5, 5.41) is 0. The predicted molar refractivity (Wildman–Crippen MR) is 72.6 cm³/mol. The van der Waals surface area contributed by atoms with Gasteiger partial charge in [-0.15, -0.1) is 0 Å². The van der Waals surface area contributed by atoms with Gasteiger partial charge in [-0.3, -0.25) is 9.69 Å². The van der Waals surface area contributed by atoms with E-state index in [0.717, 1.165) is 23.6 Å². The molecule has 3 nitrogen and oxygen atoms in total. The Labute approximate surface area is 107 Å². The molecule has 0 radical (unpaired) electrons. The van der Waals surface area contributed by atoms with Crippen LogP contribution in [0.25, 0.3) is 0 Å². The molecular formula is C11H19NO2S2. The second-order valence-electron chi connectivity index (χ2n) is 3.40. The van der Waals surface area contributed by atoms with Crippen LogP contribution in [0.15, 0.2) is 0 Å². The van der Waals surface area contributed by atoms with Gasteiger partial charge in [0.1, 0.15) is 10.6 Å². The number of rotatable bonds is 5. The van der Waals surface area contributed by atoms with Gasteiger partial charge in [0.15, 0.2) is 0 Å². The van der Waals surface area contributed by atoms with Crippen molar-refractivity contribution >= 4 is 40.5 Å². The quantitative estimate of drug-likeness (QED) is 0.433. The summed E-state index contributed by atoms with van der Waals surface area (Å²) in [4.78, 5) is 21.8. The number of nitrogens with zero attached hydrogens (tertiary/aromatic N) is 1. The van der Waals surface area contributed by atoms with E-state index in [1.807, 2.05) is 0 Å². The minimum atomic E-state index is 0.187. The largest absolute Gasteiger partial charge is 0.304 e. The van der Waals surface area contributed by atoms with Gasteiger partial charge in [-0.1, -0.05) is 50.2 Å². The number of hydrogen-bond donors (Lipinski definition) is 0. The van der Waals surface area contributed by atoms with Crippen molar-refractivity contribution in [2.75, 3.05) is 12.3 Å². The molecule has 0 spiro atoms. The molecule has 0 aromatic carbocycles. The zero-order chi connectivity index (χ0) is 12.4. The fourth-order valence-corrected chi connectivity index (χ4v) is 2.42. The molecule has 0 bridgehead atoms. The zero-order valence-electron chi connectivity index (χ0n) is 9.90. The number of carbonyl (C=O) groups is 2. The Kier molecular flexibility index (Phi) is 9.52. The number of thioether (sulfide) groups is 1. The van der Waals surface area contributed by atoms with Crippen LogP contribution in [0.4, 0.5) is 0 Å². The average molecular weight is 261 g/mol.